The normalized spacial score (nSPS) is 10.5. The molecule has 0 amide bonds. The standard InChI is InChI=1S/C7H12N2.C7H10S/c1-6(2)7-4-8-9(3)5-7;1-6(2)7-3-4-8-5-7/h4-6H,1-3H3;3-6H,1-2H3. The maximum atomic E-state index is 4.05. The van der Waals surface area contributed by atoms with Crippen LogP contribution in [0.3, 0.4) is 0 Å². The van der Waals surface area contributed by atoms with E-state index in [-0.39, 0.29) is 0 Å². The van der Waals surface area contributed by atoms with E-state index in [9.17, 15) is 0 Å². The Bertz CT molecular complexity index is 413. The van der Waals surface area contributed by atoms with Gasteiger partial charge in [0.05, 0.1) is 6.20 Å². The summed E-state index contributed by atoms with van der Waals surface area (Å²) in [6.07, 6.45) is 3.95. The summed E-state index contributed by atoms with van der Waals surface area (Å²) >= 11 is 1.77. The molecule has 0 radical (unpaired) electrons. The van der Waals surface area contributed by atoms with Crippen molar-refractivity contribution in [1.29, 1.82) is 0 Å². The summed E-state index contributed by atoms with van der Waals surface area (Å²) < 4.78 is 1.83. The average Bonchev–Trinajstić information content (AvgIpc) is 2.87. The Morgan fingerprint density at radius 1 is 1.12 bits per heavy atom. The van der Waals surface area contributed by atoms with E-state index in [1.165, 1.54) is 11.1 Å². The fourth-order valence-electron chi connectivity index (χ4n) is 1.34. The van der Waals surface area contributed by atoms with Crippen molar-refractivity contribution < 1.29 is 0 Å². The van der Waals surface area contributed by atoms with E-state index in [4.69, 9.17) is 0 Å². The van der Waals surface area contributed by atoms with Gasteiger partial charge in [0.25, 0.3) is 0 Å². The van der Waals surface area contributed by atoms with E-state index >= 15 is 0 Å². The highest BCUT2D eigenvalue weighted by Gasteiger charge is 1.98. The van der Waals surface area contributed by atoms with Crippen molar-refractivity contribution in [1.82, 2.24) is 9.78 Å². The summed E-state index contributed by atoms with van der Waals surface area (Å²) in [5, 5.41) is 8.37. The molecule has 0 N–H and O–H groups in total. The quantitative estimate of drug-likeness (QED) is 0.771. The summed E-state index contributed by atoms with van der Waals surface area (Å²) in [5.74, 6) is 1.29. The van der Waals surface area contributed by atoms with Crippen molar-refractivity contribution in [2.45, 2.75) is 39.5 Å². The Kier molecular flexibility index (Phi) is 5.42. The summed E-state index contributed by atoms with van der Waals surface area (Å²) in [4.78, 5) is 0. The third-order valence-corrected chi connectivity index (χ3v) is 3.30. The highest BCUT2D eigenvalue weighted by molar-refractivity contribution is 7.07. The van der Waals surface area contributed by atoms with Gasteiger partial charge >= 0.3 is 0 Å². The molecule has 2 aromatic rings. The molecular weight excluding hydrogens is 228 g/mol. The van der Waals surface area contributed by atoms with Crippen LogP contribution in [0, 0.1) is 0 Å². The molecule has 0 saturated carbocycles. The highest BCUT2D eigenvalue weighted by Crippen LogP contribution is 2.16. The van der Waals surface area contributed by atoms with Gasteiger partial charge in [-0.1, -0.05) is 27.7 Å². The van der Waals surface area contributed by atoms with Crippen LogP contribution in [0.4, 0.5) is 0 Å². The zero-order valence-electron chi connectivity index (χ0n) is 11.3. The predicted molar refractivity (Wildman–Crippen MR) is 75.7 cm³/mol. The van der Waals surface area contributed by atoms with Crippen molar-refractivity contribution in [3.63, 3.8) is 0 Å². The lowest BCUT2D eigenvalue weighted by molar-refractivity contribution is 0.764. The Morgan fingerprint density at radius 2 is 1.76 bits per heavy atom. The average molecular weight is 250 g/mol. The number of nitrogens with zero attached hydrogens (tertiary/aromatic N) is 2. The van der Waals surface area contributed by atoms with Gasteiger partial charge in [-0.15, -0.1) is 0 Å². The smallest absolute Gasteiger partial charge is 0.0524 e. The Hall–Kier alpha value is -1.09. The number of rotatable bonds is 2. The molecule has 2 nitrogen and oxygen atoms in total. The molecule has 0 atom stereocenters. The van der Waals surface area contributed by atoms with Crippen molar-refractivity contribution in [2.75, 3.05) is 0 Å². The van der Waals surface area contributed by atoms with Crippen LogP contribution in [0.25, 0.3) is 0 Å². The Morgan fingerprint density at radius 3 is 2.00 bits per heavy atom. The first-order chi connectivity index (χ1) is 8.00. The van der Waals surface area contributed by atoms with Gasteiger partial charge in [0, 0.05) is 13.2 Å². The first kappa shape index (κ1) is 14.0. The molecule has 0 bridgehead atoms. The summed E-state index contributed by atoms with van der Waals surface area (Å²) in [5.41, 5.74) is 2.76. The first-order valence-corrected chi connectivity index (χ1v) is 6.95. The molecule has 0 aliphatic carbocycles. The number of aryl methyl sites for hydroxylation is 1. The van der Waals surface area contributed by atoms with E-state index in [1.54, 1.807) is 11.3 Å². The first-order valence-electron chi connectivity index (χ1n) is 6.01. The SMILES string of the molecule is CC(C)c1ccsc1.CC(C)c1cnn(C)c1. The highest BCUT2D eigenvalue weighted by atomic mass is 32.1. The van der Waals surface area contributed by atoms with Gasteiger partial charge in [-0.2, -0.15) is 16.4 Å². The van der Waals surface area contributed by atoms with Crippen LogP contribution in [0.1, 0.15) is 50.7 Å². The minimum absolute atomic E-state index is 0.596. The molecule has 2 rings (SSSR count). The Labute approximate surface area is 108 Å². The monoisotopic (exact) mass is 250 g/mol. The molecule has 17 heavy (non-hydrogen) atoms. The van der Waals surface area contributed by atoms with Crippen LogP contribution in [0.5, 0.6) is 0 Å². The van der Waals surface area contributed by atoms with Gasteiger partial charge in [-0.05, 0) is 39.8 Å². The van der Waals surface area contributed by atoms with E-state index < -0.39 is 0 Å². The lowest BCUT2D eigenvalue weighted by Gasteiger charge is -1.96. The Balaban J connectivity index is 0.000000171. The summed E-state index contributed by atoms with van der Waals surface area (Å²) in [7, 11) is 1.94. The molecule has 94 valence electrons. The second kappa shape index (κ2) is 6.60. The second-order valence-corrected chi connectivity index (χ2v) is 5.59. The lowest BCUT2D eigenvalue weighted by atomic mass is 10.1. The number of hydrogen-bond donors (Lipinski definition) is 0. The minimum Gasteiger partial charge on any atom is -0.276 e. The van der Waals surface area contributed by atoms with Gasteiger partial charge in [-0.3, -0.25) is 4.68 Å². The fourth-order valence-corrected chi connectivity index (χ4v) is 2.16. The molecule has 2 aromatic heterocycles. The van der Waals surface area contributed by atoms with Crippen LogP contribution < -0.4 is 0 Å². The van der Waals surface area contributed by atoms with Gasteiger partial charge < -0.3 is 0 Å². The molecular formula is C14H22N2S. The maximum absolute atomic E-state index is 4.05. The van der Waals surface area contributed by atoms with Crippen molar-refractivity contribution in [3.05, 3.63) is 40.3 Å². The van der Waals surface area contributed by atoms with Crippen molar-refractivity contribution in [3.8, 4) is 0 Å². The topological polar surface area (TPSA) is 17.8 Å². The summed E-state index contributed by atoms with van der Waals surface area (Å²) in [6, 6.07) is 2.18. The third-order valence-electron chi connectivity index (χ3n) is 2.60. The van der Waals surface area contributed by atoms with Gasteiger partial charge in [0.2, 0.25) is 0 Å². The predicted octanol–water partition coefficient (Wildman–Crippen LogP) is 4.42. The van der Waals surface area contributed by atoms with Crippen LogP contribution >= 0.6 is 11.3 Å². The molecule has 0 aliphatic heterocycles. The van der Waals surface area contributed by atoms with Crippen LogP contribution in [-0.4, -0.2) is 9.78 Å². The fraction of sp³-hybridized carbons (Fsp3) is 0.500. The molecule has 0 saturated heterocycles. The molecule has 3 heteroatoms. The van der Waals surface area contributed by atoms with E-state index in [0.29, 0.717) is 11.8 Å². The number of aromatic nitrogens is 2. The third kappa shape index (κ3) is 4.73. The number of hydrogen-bond acceptors (Lipinski definition) is 2. The van der Waals surface area contributed by atoms with Gasteiger partial charge in [-0.25, -0.2) is 0 Å². The largest absolute Gasteiger partial charge is 0.276 e. The maximum Gasteiger partial charge on any atom is 0.0524 e. The molecule has 0 aromatic carbocycles. The molecule has 0 fully saturated rings. The van der Waals surface area contributed by atoms with Gasteiger partial charge in [0.1, 0.15) is 0 Å². The summed E-state index contributed by atoms with van der Waals surface area (Å²) in [6.45, 7) is 8.75. The lowest BCUT2D eigenvalue weighted by Crippen LogP contribution is -1.85. The second-order valence-electron chi connectivity index (χ2n) is 4.81. The zero-order chi connectivity index (χ0) is 12.8. The van der Waals surface area contributed by atoms with E-state index in [1.807, 2.05) is 24.1 Å². The van der Waals surface area contributed by atoms with Crippen molar-refractivity contribution >= 4 is 11.3 Å². The van der Waals surface area contributed by atoms with E-state index in [2.05, 4.69) is 49.6 Å². The van der Waals surface area contributed by atoms with E-state index in [0.717, 1.165) is 0 Å². The molecule has 0 unspecified atom stereocenters. The number of thiophene rings is 1. The van der Waals surface area contributed by atoms with Crippen molar-refractivity contribution in [2.24, 2.45) is 7.05 Å². The van der Waals surface area contributed by atoms with Crippen LogP contribution in [0.15, 0.2) is 29.2 Å². The van der Waals surface area contributed by atoms with Gasteiger partial charge in [0.15, 0.2) is 0 Å². The minimum atomic E-state index is 0.596. The zero-order valence-corrected chi connectivity index (χ0v) is 12.2. The molecule has 2 heterocycles. The molecule has 0 spiro atoms. The van der Waals surface area contributed by atoms with Crippen LogP contribution in [0.2, 0.25) is 0 Å². The molecule has 0 aliphatic rings. The van der Waals surface area contributed by atoms with Crippen LogP contribution in [-0.2, 0) is 7.05 Å².